The summed E-state index contributed by atoms with van der Waals surface area (Å²) in [5.74, 6) is 0.760. The highest BCUT2D eigenvalue weighted by atomic mass is 16.5. The number of ether oxygens (including phenoxy) is 1. The number of morpholine rings is 1. The van der Waals surface area contributed by atoms with Crippen LogP contribution in [0.2, 0.25) is 0 Å². The van der Waals surface area contributed by atoms with Gasteiger partial charge in [-0.3, -0.25) is 10.00 Å². The monoisotopic (exact) mass is 311 g/mol. The van der Waals surface area contributed by atoms with Crippen molar-refractivity contribution in [1.82, 2.24) is 15.1 Å². The van der Waals surface area contributed by atoms with Gasteiger partial charge in [0.05, 0.1) is 17.9 Å². The van der Waals surface area contributed by atoms with Crippen molar-refractivity contribution in [2.24, 2.45) is 5.92 Å². The van der Waals surface area contributed by atoms with Crippen LogP contribution in [0.4, 0.5) is 0 Å². The predicted molar refractivity (Wildman–Crippen MR) is 90.1 cm³/mol. The maximum atomic E-state index is 6.44. The van der Waals surface area contributed by atoms with E-state index in [4.69, 9.17) is 4.74 Å². The number of hydrogen-bond donors (Lipinski definition) is 1. The summed E-state index contributed by atoms with van der Waals surface area (Å²) in [7, 11) is 0. The van der Waals surface area contributed by atoms with Gasteiger partial charge in [-0.05, 0) is 38.2 Å². The molecular formula is C19H25N3O. The van der Waals surface area contributed by atoms with Gasteiger partial charge in [0.15, 0.2) is 0 Å². The normalized spacial score (nSPS) is 25.7. The SMILES string of the molecule is Cc1n[nH]c(C)c1CN1C[C@@H](c2ccccc2)O[C@@H](C2CC2)C1. The van der Waals surface area contributed by atoms with Crippen molar-refractivity contribution in [3.63, 3.8) is 0 Å². The average Bonchev–Trinajstić information content (AvgIpc) is 3.38. The molecule has 0 spiro atoms. The van der Waals surface area contributed by atoms with Crippen molar-refractivity contribution in [3.05, 3.63) is 52.8 Å². The minimum absolute atomic E-state index is 0.183. The molecule has 23 heavy (non-hydrogen) atoms. The van der Waals surface area contributed by atoms with E-state index in [2.05, 4.69) is 59.3 Å². The third-order valence-electron chi connectivity index (χ3n) is 5.18. The molecule has 2 fully saturated rings. The lowest BCUT2D eigenvalue weighted by molar-refractivity contribution is -0.0986. The Morgan fingerprint density at radius 2 is 1.96 bits per heavy atom. The van der Waals surface area contributed by atoms with Gasteiger partial charge in [0.25, 0.3) is 0 Å². The van der Waals surface area contributed by atoms with E-state index in [0.29, 0.717) is 6.10 Å². The second kappa shape index (κ2) is 6.10. The molecule has 1 saturated heterocycles. The van der Waals surface area contributed by atoms with E-state index < -0.39 is 0 Å². The highest BCUT2D eigenvalue weighted by Crippen LogP contribution is 2.39. The molecule has 0 unspecified atom stereocenters. The van der Waals surface area contributed by atoms with Crippen LogP contribution in [-0.4, -0.2) is 34.3 Å². The third-order valence-corrected chi connectivity index (χ3v) is 5.18. The summed E-state index contributed by atoms with van der Waals surface area (Å²) in [6.07, 6.45) is 3.21. The van der Waals surface area contributed by atoms with Crippen LogP contribution in [0.5, 0.6) is 0 Å². The number of rotatable bonds is 4. The first-order chi connectivity index (χ1) is 11.2. The first-order valence-electron chi connectivity index (χ1n) is 8.64. The van der Waals surface area contributed by atoms with Crippen LogP contribution >= 0.6 is 0 Å². The molecule has 4 nitrogen and oxygen atoms in total. The molecule has 0 bridgehead atoms. The van der Waals surface area contributed by atoms with Crippen LogP contribution in [0.3, 0.4) is 0 Å². The molecule has 2 aliphatic rings. The summed E-state index contributed by atoms with van der Waals surface area (Å²) in [4.78, 5) is 2.55. The molecular weight excluding hydrogens is 286 g/mol. The van der Waals surface area contributed by atoms with E-state index >= 15 is 0 Å². The summed E-state index contributed by atoms with van der Waals surface area (Å²) in [5, 5.41) is 7.45. The molecule has 1 aromatic carbocycles. The number of hydrogen-bond acceptors (Lipinski definition) is 3. The fourth-order valence-electron chi connectivity index (χ4n) is 3.60. The van der Waals surface area contributed by atoms with Crippen molar-refractivity contribution in [2.75, 3.05) is 13.1 Å². The zero-order chi connectivity index (χ0) is 15.8. The molecule has 2 heterocycles. The lowest BCUT2D eigenvalue weighted by Gasteiger charge is -2.38. The number of nitrogens with one attached hydrogen (secondary N) is 1. The minimum atomic E-state index is 0.183. The lowest BCUT2D eigenvalue weighted by Crippen LogP contribution is -2.44. The average molecular weight is 311 g/mol. The Balaban J connectivity index is 1.54. The van der Waals surface area contributed by atoms with Gasteiger partial charge < -0.3 is 4.74 Å². The summed E-state index contributed by atoms with van der Waals surface area (Å²) in [6, 6.07) is 10.7. The highest BCUT2D eigenvalue weighted by molar-refractivity contribution is 5.24. The predicted octanol–water partition coefficient (Wildman–Crippen LogP) is 3.38. The number of aromatic nitrogens is 2. The van der Waals surface area contributed by atoms with Gasteiger partial charge in [-0.2, -0.15) is 5.10 Å². The largest absolute Gasteiger partial charge is 0.367 e. The van der Waals surface area contributed by atoms with Gasteiger partial charge in [0.2, 0.25) is 0 Å². The third kappa shape index (κ3) is 3.19. The number of aryl methyl sites for hydroxylation is 2. The molecule has 2 aromatic rings. The Morgan fingerprint density at radius 3 is 2.61 bits per heavy atom. The fraction of sp³-hybridized carbons (Fsp3) is 0.526. The smallest absolute Gasteiger partial charge is 0.0956 e. The summed E-state index contributed by atoms with van der Waals surface area (Å²) in [6.45, 7) is 7.16. The lowest BCUT2D eigenvalue weighted by atomic mass is 10.0. The standard InChI is InChI=1S/C19H25N3O/c1-13-17(14(2)21-20-13)10-22-11-18(15-6-4-3-5-7-15)23-19(12-22)16-8-9-16/h3-7,16,18-19H,8-12H2,1-2H3,(H,20,21)/t18-,19+/m0/s1. The second-order valence-corrected chi connectivity index (χ2v) is 7.02. The number of nitrogens with zero attached hydrogens (tertiary/aromatic N) is 2. The Labute approximate surface area is 137 Å². The maximum Gasteiger partial charge on any atom is 0.0956 e. The second-order valence-electron chi connectivity index (χ2n) is 7.02. The van der Waals surface area contributed by atoms with Crippen molar-refractivity contribution in [1.29, 1.82) is 0 Å². The van der Waals surface area contributed by atoms with Gasteiger partial charge in [0, 0.05) is 30.9 Å². The fourth-order valence-corrected chi connectivity index (χ4v) is 3.60. The van der Waals surface area contributed by atoms with Crippen LogP contribution in [-0.2, 0) is 11.3 Å². The highest BCUT2D eigenvalue weighted by Gasteiger charge is 2.38. The Kier molecular flexibility index (Phi) is 3.95. The molecule has 0 amide bonds. The van der Waals surface area contributed by atoms with E-state index in [0.717, 1.165) is 31.2 Å². The zero-order valence-electron chi connectivity index (χ0n) is 14.0. The Morgan fingerprint density at radius 1 is 1.17 bits per heavy atom. The molecule has 1 aromatic heterocycles. The van der Waals surface area contributed by atoms with Crippen molar-refractivity contribution < 1.29 is 4.74 Å². The van der Waals surface area contributed by atoms with E-state index in [1.165, 1.54) is 29.7 Å². The van der Waals surface area contributed by atoms with Gasteiger partial charge in [0.1, 0.15) is 0 Å². The van der Waals surface area contributed by atoms with E-state index in [1.807, 2.05) is 0 Å². The molecule has 1 N–H and O–H groups in total. The van der Waals surface area contributed by atoms with Crippen LogP contribution in [0.1, 0.15) is 41.5 Å². The first-order valence-corrected chi connectivity index (χ1v) is 8.64. The maximum absolute atomic E-state index is 6.44. The number of benzene rings is 1. The van der Waals surface area contributed by atoms with Crippen LogP contribution in [0.15, 0.2) is 30.3 Å². The van der Waals surface area contributed by atoms with Crippen molar-refractivity contribution in [3.8, 4) is 0 Å². The molecule has 4 heteroatoms. The van der Waals surface area contributed by atoms with Gasteiger partial charge in [-0.15, -0.1) is 0 Å². The Hall–Kier alpha value is -1.65. The first kappa shape index (κ1) is 14.9. The van der Waals surface area contributed by atoms with E-state index in [1.54, 1.807) is 0 Å². The van der Waals surface area contributed by atoms with Crippen molar-refractivity contribution >= 4 is 0 Å². The minimum Gasteiger partial charge on any atom is -0.367 e. The van der Waals surface area contributed by atoms with Crippen LogP contribution < -0.4 is 0 Å². The molecule has 122 valence electrons. The van der Waals surface area contributed by atoms with Gasteiger partial charge >= 0.3 is 0 Å². The summed E-state index contributed by atoms with van der Waals surface area (Å²) in [5.41, 5.74) is 4.94. The van der Waals surface area contributed by atoms with Gasteiger partial charge in [-0.25, -0.2) is 0 Å². The van der Waals surface area contributed by atoms with E-state index in [9.17, 15) is 0 Å². The molecule has 2 atom stereocenters. The quantitative estimate of drug-likeness (QED) is 0.941. The van der Waals surface area contributed by atoms with Crippen LogP contribution in [0.25, 0.3) is 0 Å². The van der Waals surface area contributed by atoms with E-state index in [-0.39, 0.29) is 6.10 Å². The topological polar surface area (TPSA) is 41.2 Å². The van der Waals surface area contributed by atoms with Crippen molar-refractivity contribution in [2.45, 2.75) is 45.4 Å². The number of H-pyrrole nitrogens is 1. The Bertz CT molecular complexity index is 643. The summed E-state index contributed by atoms with van der Waals surface area (Å²) < 4.78 is 6.44. The molecule has 4 rings (SSSR count). The molecule has 0 radical (unpaired) electrons. The molecule has 1 aliphatic heterocycles. The molecule has 1 saturated carbocycles. The van der Waals surface area contributed by atoms with Gasteiger partial charge in [-0.1, -0.05) is 30.3 Å². The molecule has 1 aliphatic carbocycles. The zero-order valence-corrected chi connectivity index (χ0v) is 14.0. The summed E-state index contributed by atoms with van der Waals surface area (Å²) >= 11 is 0. The number of aromatic amines is 1. The van der Waals surface area contributed by atoms with Crippen LogP contribution in [0, 0.1) is 19.8 Å².